The molecule has 0 aromatic heterocycles. The van der Waals surface area contributed by atoms with Crippen LogP contribution in [0.2, 0.25) is 0 Å². The van der Waals surface area contributed by atoms with E-state index in [2.05, 4.69) is 0 Å². The molecule has 0 saturated carbocycles. The Kier molecular flexibility index (Phi) is 4.38. The number of halogens is 3. The van der Waals surface area contributed by atoms with Gasteiger partial charge in [0.1, 0.15) is 0 Å². The minimum Gasteiger partial charge on any atom is -0.333 e. The number of nitro benzene ring substituents is 2. The summed E-state index contributed by atoms with van der Waals surface area (Å²) in [6, 6.07) is 0.488. The van der Waals surface area contributed by atoms with Crippen molar-refractivity contribution in [2.24, 2.45) is 0 Å². The molecular formula is C11H10F3N3O6. The standard InChI is InChI=1S/C11H10F3N3O6/c1-15(10-22-2-3-23-10)9-7(16(18)19)4-6(11(12,13)14)5-8(9)17(20)21/h4-5,10H,2-3H2,1H3. The van der Waals surface area contributed by atoms with Gasteiger partial charge < -0.3 is 14.4 Å². The van der Waals surface area contributed by atoms with Gasteiger partial charge in [0, 0.05) is 19.2 Å². The summed E-state index contributed by atoms with van der Waals surface area (Å²) in [5.74, 6) is 0. The number of rotatable bonds is 4. The van der Waals surface area contributed by atoms with E-state index >= 15 is 0 Å². The summed E-state index contributed by atoms with van der Waals surface area (Å²) in [6.07, 6.45) is -6.13. The number of hydrogen-bond acceptors (Lipinski definition) is 7. The molecule has 126 valence electrons. The SMILES string of the molecule is CN(c1c([N+](=O)[O-])cc(C(F)(F)F)cc1[N+](=O)[O-])C1OCCO1. The average molecular weight is 337 g/mol. The molecule has 0 radical (unpaired) electrons. The van der Waals surface area contributed by atoms with Crippen LogP contribution >= 0.6 is 0 Å². The summed E-state index contributed by atoms with van der Waals surface area (Å²) in [5, 5.41) is 22.2. The number of nitrogens with zero attached hydrogens (tertiary/aromatic N) is 3. The molecular weight excluding hydrogens is 327 g/mol. The van der Waals surface area contributed by atoms with Crippen LogP contribution in [0.3, 0.4) is 0 Å². The maximum absolute atomic E-state index is 12.8. The van der Waals surface area contributed by atoms with Gasteiger partial charge in [-0.05, 0) is 0 Å². The van der Waals surface area contributed by atoms with Gasteiger partial charge in [-0.2, -0.15) is 13.2 Å². The molecule has 2 rings (SSSR count). The van der Waals surface area contributed by atoms with Crippen molar-refractivity contribution in [3.63, 3.8) is 0 Å². The van der Waals surface area contributed by atoms with Gasteiger partial charge in [0.25, 0.3) is 11.4 Å². The number of hydrogen-bond donors (Lipinski definition) is 0. The van der Waals surface area contributed by atoms with Gasteiger partial charge in [-0.25, -0.2) is 0 Å². The zero-order valence-corrected chi connectivity index (χ0v) is 11.6. The van der Waals surface area contributed by atoms with Crippen molar-refractivity contribution in [1.29, 1.82) is 0 Å². The Hall–Kier alpha value is -2.47. The van der Waals surface area contributed by atoms with Crippen LogP contribution in [-0.4, -0.2) is 36.5 Å². The van der Waals surface area contributed by atoms with E-state index in [4.69, 9.17) is 9.47 Å². The average Bonchev–Trinajstić information content (AvgIpc) is 2.98. The van der Waals surface area contributed by atoms with Gasteiger partial charge in [0.2, 0.25) is 6.41 Å². The highest BCUT2D eigenvalue weighted by Crippen LogP contribution is 2.43. The Morgan fingerprint density at radius 1 is 1.13 bits per heavy atom. The van der Waals surface area contributed by atoms with Crippen molar-refractivity contribution in [2.75, 3.05) is 25.2 Å². The molecule has 0 spiro atoms. The van der Waals surface area contributed by atoms with Gasteiger partial charge >= 0.3 is 6.18 Å². The lowest BCUT2D eigenvalue weighted by Crippen LogP contribution is -2.33. The van der Waals surface area contributed by atoms with Gasteiger partial charge in [-0.3, -0.25) is 20.2 Å². The van der Waals surface area contributed by atoms with E-state index in [9.17, 15) is 33.4 Å². The van der Waals surface area contributed by atoms with E-state index in [1.807, 2.05) is 0 Å². The summed E-state index contributed by atoms with van der Waals surface area (Å²) in [5.41, 5.74) is -4.23. The predicted octanol–water partition coefficient (Wildman–Crippen LogP) is 2.29. The Labute approximate surface area is 126 Å². The minimum absolute atomic E-state index is 0.150. The fourth-order valence-corrected chi connectivity index (χ4v) is 2.08. The van der Waals surface area contributed by atoms with Crippen LogP contribution in [0.15, 0.2) is 12.1 Å². The van der Waals surface area contributed by atoms with E-state index < -0.39 is 45.1 Å². The van der Waals surface area contributed by atoms with Crippen molar-refractivity contribution < 1.29 is 32.5 Å². The molecule has 1 fully saturated rings. The van der Waals surface area contributed by atoms with E-state index in [0.29, 0.717) is 0 Å². The largest absolute Gasteiger partial charge is 0.416 e. The molecule has 9 nitrogen and oxygen atoms in total. The molecule has 23 heavy (non-hydrogen) atoms. The summed E-state index contributed by atoms with van der Waals surface area (Å²) < 4.78 is 48.5. The summed E-state index contributed by atoms with van der Waals surface area (Å²) in [4.78, 5) is 20.9. The van der Waals surface area contributed by atoms with Crippen molar-refractivity contribution in [1.82, 2.24) is 0 Å². The topological polar surface area (TPSA) is 108 Å². The third-order valence-corrected chi connectivity index (χ3v) is 3.06. The molecule has 0 N–H and O–H groups in total. The summed E-state index contributed by atoms with van der Waals surface area (Å²) in [7, 11) is 1.19. The first-order valence-corrected chi connectivity index (χ1v) is 6.13. The smallest absolute Gasteiger partial charge is 0.333 e. The second kappa shape index (κ2) is 5.96. The molecule has 0 atom stereocenters. The Balaban J connectivity index is 2.66. The number of nitro groups is 2. The van der Waals surface area contributed by atoms with Crippen molar-refractivity contribution in [3.8, 4) is 0 Å². The van der Waals surface area contributed by atoms with E-state index in [-0.39, 0.29) is 25.3 Å². The molecule has 1 aromatic carbocycles. The summed E-state index contributed by atoms with van der Waals surface area (Å²) in [6.45, 7) is 0.300. The van der Waals surface area contributed by atoms with Crippen molar-refractivity contribution in [2.45, 2.75) is 12.6 Å². The van der Waals surface area contributed by atoms with Crippen molar-refractivity contribution >= 4 is 17.1 Å². The lowest BCUT2D eigenvalue weighted by molar-refractivity contribution is -0.393. The molecule has 1 heterocycles. The molecule has 0 amide bonds. The first-order chi connectivity index (χ1) is 10.6. The maximum atomic E-state index is 12.8. The minimum atomic E-state index is -4.97. The number of anilines is 1. The van der Waals surface area contributed by atoms with Crippen LogP contribution in [-0.2, 0) is 15.7 Å². The van der Waals surface area contributed by atoms with Crippen LogP contribution < -0.4 is 4.90 Å². The molecule has 0 aliphatic carbocycles. The monoisotopic (exact) mass is 337 g/mol. The van der Waals surface area contributed by atoms with E-state index in [1.54, 1.807) is 0 Å². The van der Waals surface area contributed by atoms with Crippen molar-refractivity contribution in [3.05, 3.63) is 37.9 Å². The van der Waals surface area contributed by atoms with Crippen LogP contribution in [0.5, 0.6) is 0 Å². The van der Waals surface area contributed by atoms with Crippen LogP contribution in [0.25, 0.3) is 0 Å². The fraction of sp³-hybridized carbons (Fsp3) is 0.455. The first-order valence-electron chi connectivity index (χ1n) is 6.13. The van der Waals surface area contributed by atoms with E-state index in [1.165, 1.54) is 7.05 Å². The molecule has 12 heteroatoms. The Morgan fingerprint density at radius 3 is 1.91 bits per heavy atom. The molecule has 1 saturated heterocycles. The number of benzene rings is 1. The Morgan fingerprint density at radius 2 is 1.57 bits per heavy atom. The van der Waals surface area contributed by atoms with Gasteiger partial charge in [0.15, 0.2) is 5.69 Å². The molecule has 1 aliphatic rings. The molecule has 0 unspecified atom stereocenters. The second-order valence-corrected chi connectivity index (χ2v) is 4.53. The third kappa shape index (κ3) is 3.32. The quantitative estimate of drug-likeness (QED) is 0.612. The highest BCUT2D eigenvalue weighted by Gasteiger charge is 2.40. The summed E-state index contributed by atoms with van der Waals surface area (Å²) >= 11 is 0. The highest BCUT2D eigenvalue weighted by atomic mass is 19.4. The van der Waals surface area contributed by atoms with Crippen LogP contribution in [0.1, 0.15) is 5.56 Å². The van der Waals surface area contributed by atoms with Gasteiger partial charge in [-0.1, -0.05) is 0 Å². The molecule has 0 bridgehead atoms. The predicted molar refractivity (Wildman–Crippen MR) is 68.8 cm³/mol. The normalized spacial score (nSPS) is 15.7. The third-order valence-electron chi connectivity index (χ3n) is 3.06. The van der Waals surface area contributed by atoms with Gasteiger partial charge in [-0.15, -0.1) is 0 Å². The molecule has 1 aromatic rings. The number of alkyl halides is 3. The zero-order chi connectivity index (χ0) is 17.4. The van der Waals surface area contributed by atoms with Gasteiger partial charge in [0.05, 0.1) is 28.6 Å². The van der Waals surface area contributed by atoms with E-state index in [0.717, 1.165) is 4.90 Å². The molecule has 1 aliphatic heterocycles. The Bertz CT molecular complexity index is 609. The van der Waals surface area contributed by atoms with Crippen LogP contribution in [0.4, 0.5) is 30.2 Å². The zero-order valence-electron chi connectivity index (χ0n) is 11.6. The fourth-order valence-electron chi connectivity index (χ4n) is 2.08. The highest BCUT2D eigenvalue weighted by molar-refractivity contribution is 5.76. The first kappa shape index (κ1) is 16.9. The van der Waals surface area contributed by atoms with Crippen LogP contribution in [0, 0.1) is 20.2 Å². The maximum Gasteiger partial charge on any atom is 0.416 e. The lowest BCUT2D eigenvalue weighted by atomic mass is 10.1. The second-order valence-electron chi connectivity index (χ2n) is 4.53. The number of ether oxygens (including phenoxy) is 2. The lowest BCUT2D eigenvalue weighted by Gasteiger charge is -2.24.